The summed E-state index contributed by atoms with van der Waals surface area (Å²) in [4.78, 5) is 34.7. The minimum atomic E-state index is -5.59. The zero-order chi connectivity index (χ0) is 59.9. The number of rotatable bonds is 16. The fourth-order valence-corrected chi connectivity index (χ4v) is 10.8. The van der Waals surface area contributed by atoms with Crippen molar-refractivity contribution in [2.75, 3.05) is 16.2 Å². The number of hydrogen-bond acceptors (Lipinski definition) is 29. The summed E-state index contributed by atoms with van der Waals surface area (Å²) < 4.78 is 215. The number of nitrogens with zero attached hydrogens (tertiary/aromatic N) is 6. The second-order valence-corrected chi connectivity index (χ2v) is 24.7. The first kappa shape index (κ1) is 59.1. The van der Waals surface area contributed by atoms with Gasteiger partial charge >= 0.3 is 6.03 Å². The highest BCUT2D eigenvalue weighted by atomic mass is 32.2. The van der Waals surface area contributed by atoms with E-state index in [9.17, 15) is 92.2 Å². The fraction of sp³-hybridized carbons (Fsp3) is 0. The molecule has 82 heavy (non-hydrogen) atoms. The number of ketones is 2. The molecule has 5 aromatic rings. The number of carbonyl (C=O) groups is 3. The fourth-order valence-electron chi connectivity index (χ4n) is 7.28. The number of Topliss-reactive ketones (excluding diaryl/α,β-unsaturated/α-hetero) is 1. The lowest BCUT2D eigenvalue weighted by molar-refractivity contribution is -0.111. The van der Waals surface area contributed by atoms with Crippen molar-refractivity contribution < 1.29 is 92.2 Å². The zero-order valence-electron chi connectivity index (χ0n) is 39.9. The van der Waals surface area contributed by atoms with Gasteiger partial charge in [0.05, 0.1) is 63.5 Å². The Kier molecular flexibility index (Phi) is 16.0. The Morgan fingerprint density at radius 3 is 1.39 bits per heavy atom. The van der Waals surface area contributed by atoms with Crippen LogP contribution in [0.2, 0.25) is 0 Å². The van der Waals surface area contributed by atoms with Crippen LogP contribution in [0.3, 0.4) is 0 Å². The Labute approximate surface area is 462 Å². The smallest absolute Gasteiger partial charge is 0.323 e. The minimum absolute atomic E-state index is 0.000697. The molecule has 37 heteroatoms. The highest BCUT2D eigenvalue weighted by Gasteiger charge is 2.31. The molecule has 0 spiro atoms. The van der Waals surface area contributed by atoms with Crippen molar-refractivity contribution in [3.63, 3.8) is 0 Å². The average molecular weight is 1240 g/mol. The van der Waals surface area contributed by atoms with Crippen LogP contribution < -0.4 is 21.5 Å². The summed E-state index contributed by atoms with van der Waals surface area (Å²) in [7, 11) is -31.4. The number of hydrazone groups is 2. The average Bonchev–Trinajstić information content (AvgIpc) is 2.51. The molecule has 0 atom stereocenters. The third-order valence-electron chi connectivity index (χ3n) is 10.9. The molecule has 0 unspecified atom stereocenters. The highest BCUT2D eigenvalue weighted by molar-refractivity contribution is 7.91. The molecule has 0 aromatic heterocycles. The van der Waals surface area contributed by atoms with E-state index < -0.39 is 130 Å². The van der Waals surface area contributed by atoms with E-state index in [1.807, 2.05) is 0 Å². The number of azo groups is 2. The maximum Gasteiger partial charge on any atom is 0.323 e. The largest absolute Gasteiger partial charge is 0.744 e. The number of allylic oxidation sites excluding steroid dienone is 8. The monoisotopic (exact) mass is 1230 g/mol. The molecule has 4 N–H and O–H groups in total. The number of fused-ring (bicyclic) bond motifs is 2. The Balaban J connectivity index is 0.975. The number of hydrogen-bond donors (Lipinski definition) is 4. The molecule has 0 fully saturated rings. The molecule has 0 saturated carbocycles. The van der Waals surface area contributed by atoms with E-state index in [1.165, 1.54) is 0 Å². The number of urea groups is 1. The zero-order valence-corrected chi connectivity index (χ0v) is 44.8. The van der Waals surface area contributed by atoms with Crippen molar-refractivity contribution in [2.24, 2.45) is 30.7 Å². The van der Waals surface area contributed by atoms with E-state index in [2.05, 4.69) is 52.1 Å². The van der Waals surface area contributed by atoms with Gasteiger partial charge in [0.25, 0.3) is 0 Å². The molecule has 0 heterocycles. The quantitative estimate of drug-likeness (QED) is 0.0615. The summed E-state index contributed by atoms with van der Waals surface area (Å²) in [6, 6.07) is 15.8. The van der Waals surface area contributed by atoms with E-state index in [0.29, 0.717) is 18.2 Å². The molecule has 31 nitrogen and oxygen atoms in total. The summed E-state index contributed by atoms with van der Waals surface area (Å²) in [6.45, 7) is 0. The summed E-state index contributed by atoms with van der Waals surface area (Å²) in [5.41, 5.74) is -0.901. The SMILES string of the molecule is O=C(NC1=CC(=O)C2=CC(=NNc3ccc(N=Nc4ccc(S(=O)(=O)[O-])cc4)cc3S(=O)(=O)[O-])C(S(=O)(=O)[O-])=CC2=C1)Nc1ccc2c(c1)C=C(S(=O)(=O)[O-])C(=NNc1ccc(N=Nc3ccc(S(=O)(=O)[O-])cc3)cc1S(=O)(=O)[O-])C2=O. The molecule has 3 aliphatic carbocycles. The number of carbonyl (C=O) groups excluding carboxylic acids is 3. The molecule has 0 saturated heterocycles. The molecule has 3 aliphatic rings. The van der Waals surface area contributed by atoms with Crippen molar-refractivity contribution >= 4 is 136 Å². The van der Waals surface area contributed by atoms with Crippen molar-refractivity contribution in [1.29, 1.82) is 0 Å². The van der Waals surface area contributed by atoms with Crippen LogP contribution in [0.1, 0.15) is 15.9 Å². The van der Waals surface area contributed by atoms with Crippen LogP contribution in [-0.2, 0) is 65.5 Å². The number of anilines is 3. The van der Waals surface area contributed by atoms with Crippen molar-refractivity contribution in [1.82, 2.24) is 5.32 Å². The van der Waals surface area contributed by atoms with Crippen LogP contribution in [0, 0.1) is 0 Å². The molecule has 0 bridgehead atoms. The maximum absolute atomic E-state index is 13.7. The lowest BCUT2D eigenvalue weighted by Gasteiger charge is -2.23. The summed E-state index contributed by atoms with van der Waals surface area (Å²) in [6.07, 6.45) is 4.12. The van der Waals surface area contributed by atoms with Gasteiger partial charge in [0.1, 0.15) is 72.1 Å². The van der Waals surface area contributed by atoms with Crippen LogP contribution in [0.5, 0.6) is 0 Å². The molecule has 424 valence electrons. The number of nitrogens with one attached hydrogen (secondary N) is 4. The van der Waals surface area contributed by atoms with Crippen LogP contribution >= 0.6 is 0 Å². The van der Waals surface area contributed by atoms with Gasteiger partial charge in [0, 0.05) is 28.6 Å². The van der Waals surface area contributed by atoms with Gasteiger partial charge in [-0.25, -0.2) is 55.3 Å². The summed E-state index contributed by atoms with van der Waals surface area (Å²) >= 11 is 0. The third kappa shape index (κ3) is 13.9. The van der Waals surface area contributed by atoms with E-state index in [0.717, 1.165) is 115 Å². The van der Waals surface area contributed by atoms with Crippen molar-refractivity contribution in [3.8, 4) is 0 Å². The molecular formula is C45H26N10O21S6-6. The molecule has 2 amide bonds. The van der Waals surface area contributed by atoms with Crippen LogP contribution in [0.25, 0.3) is 6.08 Å². The summed E-state index contributed by atoms with van der Waals surface area (Å²) in [5, 5.41) is 27.1. The summed E-state index contributed by atoms with van der Waals surface area (Å²) in [5.74, 6) is -2.14. The first-order valence-electron chi connectivity index (χ1n) is 21.8. The van der Waals surface area contributed by atoms with Gasteiger partial charge in [0.15, 0.2) is 5.78 Å². The molecule has 0 aliphatic heterocycles. The molecule has 8 rings (SSSR count). The Morgan fingerprint density at radius 1 is 0.439 bits per heavy atom. The van der Waals surface area contributed by atoms with Gasteiger partial charge < -0.3 is 38.0 Å². The van der Waals surface area contributed by atoms with Gasteiger partial charge in [-0.15, -0.1) is 0 Å². The van der Waals surface area contributed by atoms with Crippen molar-refractivity contribution in [3.05, 3.63) is 165 Å². The van der Waals surface area contributed by atoms with E-state index in [1.54, 1.807) is 0 Å². The van der Waals surface area contributed by atoms with Gasteiger partial charge in [-0.05, 0) is 139 Å². The lowest BCUT2D eigenvalue weighted by Crippen LogP contribution is -2.30. The predicted molar refractivity (Wildman–Crippen MR) is 276 cm³/mol. The Bertz CT molecular complexity index is 4650. The topological polar surface area (TPSA) is 517 Å². The Hall–Kier alpha value is -8.99. The van der Waals surface area contributed by atoms with Crippen LogP contribution in [0.15, 0.2) is 204 Å². The normalized spacial score (nSPS) is 16.2. The molecular weight excluding hydrogens is 1210 g/mol. The van der Waals surface area contributed by atoms with Crippen molar-refractivity contribution in [2.45, 2.75) is 19.6 Å². The second-order valence-electron chi connectivity index (χ2n) is 16.5. The number of amides is 2. The maximum atomic E-state index is 13.7. The van der Waals surface area contributed by atoms with E-state index in [-0.39, 0.29) is 56.4 Å². The van der Waals surface area contributed by atoms with Gasteiger partial charge in [-0.2, -0.15) is 30.7 Å². The standard InChI is InChI=1S/C45H32N10O21S6/c56-38-19-30(16-24-17-39(79(65,66)67)37(22-34(24)38)54-52-35-13-6-28(20-40(35)80(68,69)70)50-48-25-1-8-31(9-2-25)77(59,60)61)47-45(58)46-27-5-12-33-23(15-27)18-42(82(74,75)76)43(44(33)57)55-53-36-14-7-29(21-41(36)81(71,72)73)51-49-26-3-10-32(11-4-26)78(62,63)64/h1-22,52-53H,(H2,46,47,58)(H,59,60,61)(H,62,63,64)(H,65,66,67)(H,68,69,70)(H,71,72,73)(H,74,75,76)/p-6. The van der Waals surface area contributed by atoms with Crippen LogP contribution in [-0.4, -0.2) is 107 Å². The molecule has 0 radical (unpaired) electrons. The van der Waals surface area contributed by atoms with E-state index >= 15 is 0 Å². The van der Waals surface area contributed by atoms with Crippen LogP contribution in [0.4, 0.5) is 44.6 Å². The highest BCUT2D eigenvalue weighted by Crippen LogP contribution is 2.34. The van der Waals surface area contributed by atoms with Gasteiger partial charge in [-0.3, -0.25) is 20.4 Å². The first-order valence-corrected chi connectivity index (χ1v) is 30.2. The Morgan fingerprint density at radius 2 is 0.915 bits per heavy atom. The third-order valence-corrected chi connectivity index (χ3v) is 16.1. The first-order chi connectivity index (χ1) is 38.1. The van der Waals surface area contributed by atoms with Gasteiger partial charge in [-0.1, -0.05) is 0 Å². The second kappa shape index (κ2) is 22.2. The lowest BCUT2D eigenvalue weighted by atomic mass is 9.90. The minimum Gasteiger partial charge on any atom is -0.744 e. The number of benzene rings is 5. The predicted octanol–water partition coefficient (Wildman–Crippen LogP) is 4.04. The molecule has 5 aromatic carbocycles. The van der Waals surface area contributed by atoms with Gasteiger partial charge in [0.2, 0.25) is 5.78 Å². The van der Waals surface area contributed by atoms with E-state index in [4.69, 9.17) is 0 Å².